The van der Waals surface area contributed by atoms with Crippen molar-refractivity contribution < 1.29 is 4.42 Å². The highest BCUT2D eigenvalue weighted by Gasteiger charge is 2.21. The number of hydrogen-bond acceptors (Lipinski definition) is 2. The van der Waals surface area contributed by atoms with Crippen LogP contribution < -0.4 is 0 Å². The van der Waals surface area contributed by atoms with Crippen molar-refractivity contribution in [2.45, 2.75) is 12.8 Å². The van der Waals surface area contributed by atoms with Crippen LogP contribution in [-0.2, 0) is 12.8 Å². The van der Waals surface area contributed by atoms with E-state index in [2.05, 4.69) is 164 Å². The highest BCUT2D eigenvalue weighted by atomic mass is 16.3. The molecule has 248 valence electrons. The first-order valence-electron chi connectivity index (χ1n) is 18.4. The van der Waals surface area contributed by atoms with Crippen molar-refractivity contribution in [1.29, 1.82) is 0 Å². The van der Waals surface area contributed by atoms with Crippen molar-refractivity contribution in [2.24, 2.45) is 0 Å². The second-order valence-electron chi connectivity index (χ2n) is 14.2. The molecule has 0 bridgehead atoms. The zero-order valence-electron chi connectivity index (χ0n) is 29.0. The number of para-hydroxylation sites is 3. The molecule has 0 amide bonds. The molecule has 0 fully saturated rings. The Hall–Kier alpha value is -6.77. The summed E-state index contributed by atoms with van der Waals surface area (Å²) in [4.78, 5) is 5.43. The molecule has 2 heteroatoms. The summed E-state index contributed by atoms with van der Waals surface area (Å²) in [6.45, 7) is 0. The van der Waals surface area contributed by atoms with Gasteiger partial charge < -0.3 is 4.42 Å². The number of fused-ring (bicyclic) bond motifs is 12. The fourth-order valence-corrected chi connectivity index (χ4v) is 8.69. The molecule has 1 aliphatic carbocycles. The summed E-state index contributed by atoms with van der Waals surface area (Å²) in [6.07, 6.45) is 1.68. The summed E-state index contributed by atoms with van der Waals surface area (Å²) >= 11 is 0. The lowest BCUT2D eigenvalue weighted by molar-refractivity contribution is 0.670. The summed E-state index contributed by atoms with van der Waals surface area (Å²) in [5.74, 6) is 0. The highest BCUT2D eigenvalue weighted by Crippen LogP contribution is 2.43. The van der Waals surface area contributed by atoms with Crippen molar-refractivity contribution in [3.05, 3.63) is 198 Å². The third kappa shape index (κ3) is 4.83. The number of pyridine rings is 1. The lowest BCUT2D eigenvalue weighted by Crippen LogP contribution is -2.03. The molecule has 2 nitrogen and oxygen atoms in total. The van der Waals surface area contributed by atoms with E-state index in [-0.39, 0.29) is 0 Å². The van der Waals surface area contributed by atoms with Gasteiger partial charge in [0.1, 0.15) is 11.2 Å². The molecule has 2 heterocycles. The quantitative estimate of drug-likeness (QED) is 0.170. The Morgan fingerprint density at radius 2 is 0.925 bits per heavy atom. The third-order valence-corrected chi connectivity index (χ3v) is 11.2. The van der Waals surface area contributed by atoms with Crippen LogP contribution in [0.1, 0.15) is 22.3 Å². The SMILES string of the molecule is c1cc(-c2nc3ccccc3c3cc4c(cc23)-c2ccccc2Cc2ccccc2-c2ccccc2C4)cc(-c2cccc3c2oc2ccccc23)c1. The van der Waals surface area contributed by atoms with Gasteiger partial charge in [0.05, 0.1) is 11.2 Å². The number of furan rings is 1. The topological polar surface area (TPSA) is 26.0 Å². The Kier molecular flexibility index (Phi) is 6.72. The van der Waals surface area contributed by atoms with E-state index in [1.54, 1.807) is 0 Å². The maximum Gasteiger partial charge on any atom is 0.143 e. The fourth-order valence-electron chi connectivity index (χ4n) is 8.69. The summed E-state index contributed by atoms with van der Waals surface area (Å²) in [5, 5.41) is 5.81. The lowest BCUT2D eigenvalue weighted by atomic mass is 9.82. The van der Waals surface area contributed by atoms with Crippen LogP contribution in [0.25, 0.3) is 88.3 Å². The molecular formula is C51H33NO. The average molecular weight is 676 g/mol. The van der Waals surface area contributed by atoms with Gasteiger partial charge >= 0.3 is 0 Å². The predicted molar refractivity (Wildman–Crippen MR) is 220 cm³/mol. The van der Waals surface area contributed by atoms with Crippen molar-refractivity contribution >= 4 is 43.6 Å². The Balaban J connectivity index is 1.17. The lowest BCUT2D eigenvalue weighted by Gasteiger charge is -2.22. The molecule has 0 saturated heterocycles. The Morgan fingerprint density at radius 3 is 1.70 bits per heavy atom. The van der Waals surface area contributed by atoms with E-state index < -0.39 is 0 Å². The second kappa shape index (κ2) is 11.9. The standard InChI is InChI=1S/C51H33NO/c1-4-18-38-32(13-1)27-33-14-3-6-20-40(33)45-31-47-46(30-37(45)29-34-15-2-5-19-39(34)38)42-21-7-9-25-48(42)52-50(47)36-17-11-16-35(28-36)41-23-12-24-44-43-22-8-10-26-49(43)53-51(41)44/h1-26,28,30-31H,27,29H2. The third-order valence-electron chi connectivity index (χ3n) is 11.2. The van der Waals surface area contributed by atoms with E-state index in [1.165, 1.54) is 55.3 Å². The maximum absolute atomic E-state index is 6.48. The normalized spacial score (nSPS) is 12.4. The monoisotopic (exact) mass is 675 g/mol. The van der Waals surface area contributed by atoms with Crippen molar-refractivity contribution in [3.8, 4) is 44.6 Å². The first-order valence-corrected chi connectivity index (χ1v) is 18.4. The summed E-state index contributed by atoms with van der Waals surface area (Å²) in [5.41, 5.74) is 17.6. The number of benzene rings is 8. The molecule has 0 N–H and O–H groups in total. The van der Waals surface area contributed by atoms with Gasteiger partial charge in [-0.1, -0.05) is 146 Å². The van der Waals surface area contributed by atoms with Gasteiger partial charge in [0.2, 0.25) is 0 Å². The van der Waals surface area contributed by atoms with Crippen molar-refractivity contribution in [3.63, 3.8) is 0 Å². The molecule has 8 aromatic carbocycles. The average Bonchev–Trinajstić information content (AvgIpc) is 3.60. The highest BCUT2D eigenvalue weighted by molar-refractivity contribution is 6.13. The minimum absolute atomic E-state index is 0.826. The van der Waals surface area contributed by atoms with E-state index >= 15 is 0 Å². The van der Waals surface area contributed by atoms with Gasteiger partial charge in [-0.3, -0.25) is 0 Å². The first-order chi connectivity index (χ1) is 26.3. The van der Waals surface area contributed by atoms with Gasteiger partial charge in [-0.05, 0) is 98.6 Å². The zero-order valence-corrected chi connectivity index (χ0v) is 29.0. The Morgan fingerprint density at radius 1 is 0.358 bits per heavy atom. The molecule has 0 unspecified atom stereocenters. The minimum atomic E-state index is 0.826. The van der Waals surface area contributed by atoms with Gasteiger partial charge in [-0.25, -0.2) is 4.98 Å². The molecule has 53 heavy (non-hydrogen) atoms. The van der Waals surface area contributed by atoms with E-state index in [0.717, 1.165) is 68.1 Å². The molecule has 0 spiro atoms. The summed E-state index contributed by atoms with van der Waals surface area (Å²) in [6, 6.07) is 63.8. The molecule has 1 aliphatic rings. The van der Waals surface area contributed by atoms with Crippen LogP contribution in [0.3, 0.4) is 0 Å². The molecule has 2 aromatic heterocycles. The van der Waals surface area contributed by atoms with Crippen LogP contribution in [0.4, 0.5) is 0 Å². The molecule has 11 rings (SSSR count). The second-order valence-corrected chi connectivity index (χ2v) is 14.2. The molecule has 0 aliphatic heterocycles. The van der Waals surface area contributed by atoms with Crippen LogP contribution in [0.5, 0.6) is 0 Å². The number of hydrogen-bond donors (Lipinski definition) is 0. The van der Waals surface area contributed by atoms with E-state index in [0.29, 0.717) is 0 Å². The first kappa shape index (κ1) is 29.9. The largest absolute Gasteiger partial charge is 0.455 e. The molecular weight excluding hydrogens is 643 g/mol. The Bertz CT molecular complexity index is 3070. The number of nitrogens with zero attached hydrogens (tertiary/aromatic N) is 1. The molecule has 10 aromatic rings. The van der Waals surface area contributed by atoms with Crippen LogP contribution in [0, 0.1) is 0 Å². The fraction of sp³-hybridized carbons (Fsp3) is 0.0392. The van der Waals surface area contributed by atoms with Crippen LogP contribution in [0.2, 0.25) is 0 Å². The predicted octanol–water partition coefficient (Wildman–Crippen LogP) is 13.5. The van der Waals surface area contributed by atoms with E-state index in [1.807, 2.05) is 12.1 Å². The van der Waals surface area contributed by atoms with Gasteiger partial charge in [0.15, 0.2) is 0 Å². The molecule has 0 radical (unpaired) electrons. The van der Waals surface area contributed by atoms with E-state index in [9.17, 15) is 0 Å². The van der Waals surface area contributed by atoms with Gasteiger partial charge in [-0.2, -0.15) is 0 Å². The number of rotatable bonds is 2. The summed E-state index contributed by atoms with van der Waals surface area (Å²) < 4.78 is 6.48. The van der Waals surface area contributed by atoms with Gasteiger partial charge in [0.25, 0.3) is 0 Å². The van der Waals surface area contributed by atoms with Gasteiger partial charge in [0, 0.05) is 32.7 Å². The summed E-state index contributed by atoms with van der Waals surface area (Å²) in [7, 11) is 0. The van der Waals surface area contributed by atoms with Crippen LogP contribution in [-0.4, -0.2) is 4.98 Å². The maximum atomic E-state index is 6.48. The molecule has 0 saturated carbocycles. The van der Waals surface area contributed by atoms with Crippen LogP contribution in [0.15, 0.2) is 180 Å². The van der Waals surface area contributed by atoms with E-state index in [4.69, 9.17) is 9.40 Å². The minimum Gasteiger partial charge on any atom is -0.455 e. The number of aromatic nitrogens is 1. The van der Waals surface area contributed by atoms with Crippen molar-refractivity contribution in [1.82, 2.24) is 4.98 Å². The smallest absolute Gasteiger partial charge is 0.143 e. The molecule has 0 atom stereocenters. The Labute approximate surface area is 307 Å². The van der Waals surface area contributed by atoms with Crippen LogP contribution >= 0.6 is 0 Å². The van der Waals surface area contributed by atoms with Crippen molar-refractivity contribution in [2.75, 3.05) is 0 Å². The van der Waals surface area contributed by atoms with Gasteiger partial charge in [-0.15, -0.1) is 0 Å². The zero-order chi connectivity index (χ0) is 34.9.